The average Bonchev–Trinajstić information content (AvgIpc) is 2.70. The number of carbonyl (C=O) groups excluding carboxylic acids is 1. The zero-order valence-corrected chi connectivity index (χ0v) is 17.6. The molecule has 0 heterocycles. The van der Waals surface area contributed by atoms with Gasteiger partial charge in [-0.05, 0) is 49.7 Å². The standard InChI is InChI=1S/C22H21ClN2O3S/c1-15-8-10-17(11-9-15)16(2)24-22(26)20-14-18(12-13-21(20)23)25-29(27,28)19-6-4-3-5-7-19/h3-14,16,25H,1-2H3,(H,24,26). The second kappa shape index (κ2) is 8.68. The number of sulfonamides is 1. The molecule has 0 spiro atoms. The molecule has 3 rings (SSSR count). The smallest absolute Gasteiger partial charge is 0.261 e. The molecule has 3 aromatic rings. The van der Waals surface area contributed by atoms with Gasteiger partial charge in [-0.1, -0.05) is 59.6 Å². The van der Waals surface area contributed by atoms with Gasteiger partial charge in [-0.25, -0.2) is 8.42 Å². The molecule has 0 radical (unpaired) electrons. The van der Waals surface area contributed by atoms with Crippen LogP contribution in [0.3, 0.4) is 0 Å². The molecule has 1 unspecified atom stereocenters. The summed E-state index contributed by atoms with van der Waals surface area (Å²) in [6, 6.07) is 20.1. The van der Waals surface area contributed by atoms with Gasteiger partial charge in [-0.3, -0.25) is 9.52 Å². The summed E-state index contributed by atoms with van der Waals surface area (Å²) >= 11 is 6.19. The van der Waals surface area contributed by atoms with Crippen molar-refractivity contribution >= 4 is 33.2 Å². The van der Waals surface area contributed by atoms with Crippen LogP contribution in [-0.4, -0.2) is 14.3 Å². The maximum Gasteiger partial charge on any atom is 0.261 e. The van der Waals surface area contributed by atoms with Crippen molar-refractivity contribution in [3.8, 4) is 0 Å². The van der Waals surface area contributed by atoms with Gasteiger partial charge in [0.2, 0.25) is 0 Å². The molecule has 1 amide bonds. The van der Waals surface area contributed by atoms with Crippen LogP contribution in [0, 0.1) is 6.92 Å². The highest BCUT2D eigenvalue weighted by Gasteiger charge is 2.18. The van der Waals surface area contributed by atoms with Crippen molar-refractivity contribution in [2.45, 2.75) is 24.8 Å². The average molecular weight is 429 g/mol. The molecule has 0 fully saturated rings. The number of hydrogen-bond donors (Lipinski definition) is 2. The molecule has 0 bridgehead atoms. The van der Waals surface area contributed by atoms with Gasteiger partial charge in [-0.2, -0.15) is 0 Å². The summed E-state index contributed by atoms with van der Waals surface area (Å²) in [5.41, 5.74) is 2.54. The Bertz CT molecular complexity index is 1110. The number of rotatable bonds is 6. The molecule has 7 heteroatoms. The Kier molecular flexibility index (Phi) is 6.25. The van der Waals surface area contributed by atoms with Gasteiger partial charge in [0.05, 0.1) is 21.5 Å². The summed E-state index contributed by atoms with van der Waals surface area (Å²) in [6.07, 6.45) is 0. The van der Waals surface area contributed by atoms with E-state index >= 15 is 0 Å². The van der Waals surface area contributed by atoms with E-state index in [1.807, 2.05) is 38.1 Å². The largest absolute Gasteiger partial charge is 0.345 e. The third-order valence-electron chi connectivity index (χ3n) is 4.44. The van der Waals surface area contributed by atoms with Crippen molar-refractivity contribution in [3.63, 3.8) is 0 Å². The first kappa shape index (κ1) is 20.9. The lowest BCUT2D eigenvalue weighted by atomic mass is 10.1. The van der Waals surface area contributed by atoms with Crippen molar-refractivity contribution in [3.05, 3.63) is 94.5 Å². The van der Waals surface area contributed by atoms with Crippen LogP contribution < -0.4 is 10.0 Å². The number of carbonyl (C=O) groups is 1. The van der Waals surface area contributed by atoms with Crippen LogP contribution in [0.1, 0.15) is 34.5 Å². The second-order valence-electron chi connectivity index (χ2n) is 6.72. The molecule has 0 aliphatic carbocycles. The molecule has 0 saturated carbocycles. The van der Waals surface area contributed by atoms with Crippen LogP contribution >= 0.6 is 11.6 Å². The fraction of sp³-hybridized carbons (Fsp3) is 0.136. The predicted octanol–water partition coefficient (Wildman–Crippen LogP) is 4.94. The summed E-state index contributed by atoms with van der Waals surface area (Å²) in [4.78, 5) is 12.9. The Labute approximate surface area is 175 Å². The first-order chi connectivity index (χ1) is 13.8. The summed E-state index contributed by atoms with van der Waals surface area (Å²) in [7, 11) is -3.76. The van der Waals surface area contributed by atoms with E-state index in [-0.39, 0.29) is 33.1 Å². The van der Waals surface area contributed by atoms with Crippen molar-refractivity contribution in [2.75, 3.05) is 4.72 Å². The van der Waals surface area contributed by atoms with Crippen molar-refractivity contribution in [1.82, 2.24) is 5.32 Å². The first-order valence-corrected chi connectivity index (χ1v) is 10.9. The molecule has 0 aliphatic rings. The van der Waals surface area contributed by atoms with E-state index in [0.717, 1.165) is 11.1 Å². The summed E-state index contributed by atoms with van der Waals surface area (Å²) in [5.74, 6) is -0.385. The zero-order chi connectivity index (χ0) is 21.0. The number of anilines is 1. The quantitative estimate of drug-likeness (QED) is 0.583. The van der Waals surface area contributed by atoms with E-state index < -0.39 is 10.0 Å². The van der Waals surface area contributed by atoms with E-state index in [4.69, 9.17) is 11.6 Å². The van der Waals surface area contributed by atoms with E-state index in [9.17, 15) is 13.2 Å². The summed E-state index contributed by atoms with van der Waals surface area (Å²) in [5, 5.41) is 3.13. The summed E-state index contributed by atoms with van der Waals surface area (Å²) in [6.45, 7) is 3.87. The van der Waals surface area contributed by atoms with Gasteiger partial charge in [-0.15, -0.1) is 0 Å². The Hall–Kier alpha value is -2.83. The second-order valence-corrected chi connectivity index (χ2v) is 8.81. The highest BCUT2D eigenvalue weighted by Crippen LogP contribution is 2.24. The maximum absolute atomic E-state index is 12.7. The number of benzene rings is 3. The lowest BCUT2D eigenvalue weighted by Crippen LogP contribution is -2.27. The first-order valence-electron chi connectivity index (χ1n) is 9.01. The molecule has 0 aromatic heterocycles. The van der Waals surface area contributed by atoms with Gasteiger partial charge in [0.25, 0.3) is 15.9 Å². The Balaban J connectivity index is 1.79. The number of hydrogen-bond acceptors (Lipinski definition) is 3. The number of halogens is 1. The summed E-state index contributed by atoms with van der Waals surface area (Å²) < 4.78 is 27.5. The molecular weight excluding hydrogens is 408 g/mol. The number of amides is 1. The highest BCUT2D eigenvalue weighted by atomic mass is 35.5. The molecule has 2 N–H and O–H groups in total. The van der Waals surface area contributed by atoms with E-state index in [0.29, 0.717) is 0 Å². The van der Waals surface area contributed by atoms with Crippen molar-refractivity contribution in [1.29, 1.82) is 0 Å². The van der Waals surface area contributed by atoms with Crippen LogP contribution in [0.25, 0.3) is 0 Å². The van der Waals surface area contributed by atoms with E-state index in [1.165, 1.54) is 30.3 Å². The Morgan fingerprint density at radius 2 is 1.62 bits per heavy atom. The predicted molar refractivity (Wildman–Crippen MR) is 116 cm³/mol. The lowest BCUT2D eigenvalue weighted by Gasteiger charge is -2.16. The topological polar surface area (TPSA) is 75.3 Å². The normalized spacial score (nSPS) is 12.2. The molecule has 150 valence electrons. The molecule has 0 aliphatic heterocycles. The van der Waals surface area contributed by atoms with Gasteiger partial charge < -0.3 is 5.32 Å². The van der Waals surface area contributed by atoms with Crippen LogP contribution in [0.4, 0.5) is 5.69 Å². The SMILES string of the molecule is Cc1ccc(C(C)NC(=O)c2cc(NS(=O)(=O)c3ccccc3)ccc2Cl)cc1. The number of nitrogens with one attached hydrogen (secondary N) is 2. The van der Waals surface area contributed by atoms with Crippen molar-refractivity contribution < 1.29 is 13.2 Å². The van der Waals surface area contributed by atoms with Gasteiger partial charge >= 0.3 is 0 Å². The van der Waals surface area contributed by atoms with Crippen LogP contribution in [0.15, 0.2) is 77.7 Å². The van der Waals surface area contributed by atoms with Crippen LogP contribution in [0.5, 0.6) is 0 Å². The van der Waals surface area contributed by atoms with E-state index in [2.05, 4.69) is 10.0 Å². The lowest BCUT2D eigenvalue weighted by molar-refractivity contribution is 0.0940. The molecular formula is C22H21ClN2O3S. The minimum atomic E-state index is -3.76. The molecule has 5 nitrogen and oxygen atoms in total. The zero-order valence-electron chi connectivity index (χ0n) is 16.0. The highest BCUT2D eigenvalue weighted by molar-refractivity contribution is 7.92. The Morgan fingerprint density at radius 1 is 0.966 bits per heavy atom. The minimum Gasteiger partial charge on any atom is -0.345 e. The maximum atomic E-state index is 12.7. The van der Waals surface area contributed by atoms with Crippen molar-refractivity contribution in [2.24, 2.45) is 0 Å². The minimum absolute atomic E-state index is 0.133. The number of aryl methyl sites for hydroxylation is 1. The fourth-order valence-electron chi connectivity index (χ4n) is 2.79. The monoisotopic (exact) mass is 428 g/mol. The third-order valence-corrected chi connectivity index (χ3v) is 6.17. The van der Waals surface area contributed by atoms with Crippen LogP contribution in [0.2, 0.25) is 5.02 Å². The molecule has 0 saturated heterocycles. The molecule has 3 aromatic carbocycles. The molecule has 29 heavy (non-hydrogen) atoms. The van der Waals surface area contributed by atoms with Gasteiger partial charge in [0, 0.05) is 5.69 Å². The van der Waals surface area contributed by atoms with Gasteiger partial charge in [0.15, 0.2) is 0 Å². The van der Waals surface area contributed by atoms with Crippen LogP contribution in [-0.2, 0) is 10.0 Å². The molecule has 1 atom stereocenters. The fourth-order valence-corrected chi connectivity index (χ4v) is 4.06. The van der Waals surface area contributed by atoms with Gasteiger partial charge in [0.1, 0.15) is 0 Å². The Morgan fingerprint density at radius 3 is 2.28 bits per heavy atom. The third kappa shape index (κ3) is 5.16. The van der Waals surface area contributed by atoms with E-state index in [1.54, 1.807) is 18.2 Å².